The topological polar surface area (TPSA) is 74.6 Å². The summed E-state index contributed by atoms with van der Waals surface area (Å²) in [6, 6.07) is 13.8. The zero-order valence-corrected chi connectivity index (χ0v) is 21.2. The quantitative estimate of drug-likeness (QED) is 0.559. The fraction of sp³-hybridized carbons (Fsp3) is 0.500. The van der Waals surface area contributed by atoms with E-state index in [2.05, 4.69) is 11.4 Å². The molecule has 2 aromatic carbocycles. The first-order valence-electron chi connectivity index (χ1n) is 12.4. The van der Waals surface area contributed by atoms with Crippen LogP contribution in [0.3, 0.4) is 0 Å². The van der Waals surface area contributed by atoms with Crippen molar-refractivity contribution in [1.82, 2.24) is 10.2 Å². The fourth-order valence-corrected chi connectivity index (χ4v) is 5.24. The first-order chi connectivity index (χ1) is 17.4. The summed E-state index contributed by atoms with van der Waals surface area (Å²) >= 11 is 0. The van der Waals surface area contributed by atoms with Crippen molar-refractivity contribution in [2.45, 2.75) is 75.7 Å². The van der Waals surface area contributed by atoms with Crippen LogP contribution < -0.4 is 10.1 Å². The Morgan fingerprint density at radius 3 is 2.41 bits per heavy atom. The molecule has 0 radical (unpaired) electrons. The normalized spacial score (nSPS) is 25.8. The van der Waals surface area contributed by atoms with E-state index in [1.165, 1.54) is 12.1 Å². The lowest BCUT2D eigenvalue weighted by molar-refractivity contribution is -0.0936. The molecule has 1 heterocycles. The van der Waals surface area contributed by atoms with Crippen molar-refractivity contribution < 1.29 is 27.4 Å². The molecular formula is C28H32F3N3O3. The zero-order valence-electron chi connectivity index (χ0n) is 21.2. The highest BCUT2D eigenvalue weighted by molar-refractivity contribution is 5.68. The molecule has 2 fully saturated rings. The van der Waals surface area contributed by atoms with Crippen molar-refractivity contribution in [3.8, 4) is 11.8 Å². The van der Waals surface area contributed by atoms with Crippen LogP contribution in [0.5, 0.6) is 5.75 Å². The van der Waals surface area contributed by atoms with Gasteiger partial charge in [0, 0.05) is 19.0 Å². The first-order valence-corrected chi connectivity index (χ1v) is 12.4. The highest BCUT2D eigenvalue weighted by Gasteiger charge is 2.48. The average molecular weight is 516 g/mol. The fourth-order valence-electron chi connectivity index (χ4n) is 5.24. The van der Waals surface area contributed by atoms with Crippen molar-refractivity contribution in [2.75, 3.05) is 13.1 Å². The van der Waals surface area contributed by atoms with E-state index in [0.717, 1.165) is 5.56 Å². The van der Waals surface area contributed by atoms with Crippen molar-refractivity contribution >= 4 is 6.09 Å². The maximum atomic E-state index is 14.9. The lowest BCUT2D eigenvalue weighted by Crippen LogP contribution is -2.59. The van der Waals surface area contributed by atoms with Gasteiger partial charge in [-0.15, -0.1) is 0 Å². The number of carbonyl (C=O) groups is 1. The number of halogens is 3. The van der Waals surface area contributed by atoms with E-state index in [9.17, 15) is 18.0 Å². The zero-order chi connectivity index (χ0) is 26.8. The van der Waals surface area contributed by atoms with Crippen LogP contribution >= 0.6 is 0 Å². The molecule has 2 aliphatic rings. The van der Waals surface area contributed by atoms with Gasteiger partial charge < -0.3 is 14.8 Å². The summed E-state index contributed by atoms with van der Waals surface area (Å²) in [4.78, 5) is 14.0. The monoisotopic (exact) mass is 515 g/mol. The van der Waals surface area contributed by atoms with Gasteiger partial charge in [0.25, 0.3) is 5.92 Å². The van der Waals surface area contributed by atoms with Crippen LogP contribution in [0.25, 0.3) is 0 Å². The summed E-state index contributed by atoms with van der Waals surface area (Å²) in [5.74, 6) is -2.82. The molecule has 0 bridgehead atoms. The van der Waals surface area contributed by atoms with Crippen molar-refractivity contribution in [2.24, 2.45) is 0 Å². The number of piperidine rings is 1. The van der Waals surface area contributed by atoms with E-state index < -0.39 is 42.7 Å². The smallest absolute Gasteiger partial charge is 0.407 e. The van der Waals surface area contributed by atoms with Crippen LogP contribution in [0.1, 0.15) is 57.1 Å². The van der Waals surface area contributed by atoms with Gasteiger partial charge in [0.05, 0.1) is 24.2 Å². The number of amides is 1. The van der Waals surface area contributed by atoms with Gasteiger partial charge in [-0.1, -0.05) is 12.1 Å². The summed E-state index contributed by atoms with van der Waals surface area (Å²) in [5, 5.41) is 11.7. The van der Waals surface area contributed by atoms with E-state index in [4.69, 9.17) is 14.7 Å². The van der Waals surface area contributed by atoms with Gasteiger partial charge in [-0.05, 0) is 81.5 Å². The number of alkyl carbamates (subject to hydrolysis) is 1. The summed E-state index contributed by atoms with van der Waals surface area (Å²) in [6.45, 7) is 4.92. The highest BCUT2D eigenvalue weighted by atomic mass is 19.3. The van der Waals surface area contributed by atoms with Gasteiger partial charge in [-0.2, -0.15) is 5.26 Å². The molecule has 1 N–H and O–H groups in total. The lowest BCUT2D eigenvalue weighted by Gasteiger charge is -2.42. The summed E-state index contributed by atoms with van der Waals surface area (Å²) in [5.41, 5.74) is 0.671. The molecule has 6 nitrogen and oxygen atoms in total. The number of benzene rings is 2. The average Bonchev–Trinajstić information content (AvgIpc) is 3.21. The predicted octanol–water partition coefficient (Wildman–Crippen LogP) is 5.63. The van der Waals surface area contributed by atoms with Crippen molar-refractivity contribution in [3.63, 3.8) is 0 Å². The second-order valence-corrected chi connectivity index (χ2v) is 10.9. The number of nitriles is 1. The molecule has 0 spiro atoms. The maximum Gasteiger partial charge on any atom is 0.407 e. The Morgan fingerprint density at radius 1 is 1.11 bits per heavy atom. The molecule has 1 saturated heterocycles. The Hall–Kier alpha value is -3.25. The van der Waals surface area contributed by atoms with Gasteiger partial charge in [-0.25, -0.2) is 18.0 Å². The second kappa shape index (κ2) is 10.6. The minimum absolute atomic E-state index is 0.0122. The minimum Gasteiger partial charge on any atom is -0.489 e. The summed E-state index contributed by atoms with van der Waals surface area (Å²) in [6.07, 6.45) is -0.516. The van der Waals surface area contributed by atoms with Crippen LogP contribution in [0.2, 0.25) is 0 Å². The molecule has 1 saturated carbocycles. The van der Waals surface area contributed by atoms with Gasteiger partial charge in [0.15, 0.2) is 0 Å². The molecule has 1 aliphatic heterocycles. The first kappa shape index (κ1) is 26.8. The van der Waals surface area contributed by atoms with Crippen LogP contribution in [-0.2, 0) is 4.74 Å². The van der Waals surface area contributed by atoms with E-state index in [1.54, 1.807) is 62.1 Å². The Bertz CT molecular complexity index is 1130. The van der Waals surface area contributed by atoms with Crippen LogP contribution in [-0.4, -0.2) is 53.8 Å². The number of hydrogen-bond acceptors (Lipinski definition) is 5. The number of alkyl halides is 2. The maximum absolute atomic E-state index is 14.9. The van der Waals surface area contributed by atoms with Crippen LogP contribution in [0.15, 0.2) is 48.5 Å². The van der Waals surface area contributed by atoms with Gasteiger partial charge in [0.2, 0.25) is 0 Å². The van der Waals surface area contributed by atoms with E-state index >= 15 is 0 Å². The minimum atomic E-state index is -3.01. The van der Waals surface area contributed by atoms with Crippen molar-refractivity contribution in [1.29, 1.82) is 5.26 Å². The standard InChI is InChI=1S/C28H32F3N3O3/c1-27(2,3)37-26(35)33-22-14-28(30,31)17-34(16-22)24-12-20(19-6-8-21(29)9-7-19)13-25(24)36-23-10-4-18(15-32)5-11-23/h4-11,20,22,24-25H,12-14,16-17H2,1-3H3,(H,33,35). The Morgan fingerprint density at radius 2 is 1.78 bits per heavy atom. The van der Waals surface area contributed by atoms with Crippen LogP contribution in [0.4, 0.5) is 18.0 Å². The molecule has 4 rings (SSSR count). The number of rotatable bonds is 5. The van der Waals surface area contributed by atoms with E-state index in [1.807, 2.05) is 0 Å². The number of likely N-dealkylation sites (tertiary alicyclic amines) is 1. The third kappa shape index (κ3) is 7.16. The number of nitrogens with one attached hydrogen (secondary N) is 1. The number of nitrogens with zero attached hydrogens (tertiary/aromatic N) is 2. The van der Waals surface area contributed by atoms with E-state index in [-0.39, 0.29) is 24.3 Å². The van der Waals surface area contributed by atoms with Crippen LogP contribution in [0, 0.1) is 17.1 Å². The molecule has 37 heavy (non-hydrogen) atoms. The number of ether oxygens (including phenoxy) is 2. The molecule has 9 heteroatoms. The second-order valence-electron chi connectivity index (χ2n) is 10.9. The van der Waals surface area contributed by atoms with Gasteiger partial charge in [-0.3, -0.25) is 4.90 Å². The molecule has 198 valence electrons. The number of carbonyl (C=O) groups excluding carboxylic acids is 1. The van der Waals surface area contributed by atoms with Gasteiger partial charge in [0.1, 0.15) is 23.3 Å². The third-order valence-electron chi connectivity index (χ3n) is 6.71. The lowest BCUT2D eigenvalue weighted by atomic mass is 9.96. The largest absolute Gasteiger partial charge is 0.489 e. The summed E-state index contributed by atoms with van der Waals surface area (Å²) in [7, 11) is 0. The molecule has 4 atom stereocenters. The summed E-state index contributed by atoms with van der Waals surface area (Å²) < 4.78 is 54.9. The van der Waals surface area contributed by atoms with Crippen molar-refractivity contribution in [3.05, 3.63) is 65.5 Å². The molecule has 0 aromatic heterocycles. The molecule has 2 aromatic rings. The molecular weight excluding hydrogens is 483 g/mol. The third-order valence-corrected chi connectivity index (χ3v) is 6.71. The Labute approximate surface area is 215 Å². The Balaban J connectivity index is 1.55. The van der Waals surface area contributed by atoms with Gasteiger partial charge >= 0.3 is 6.09 Å². The Kier molecular flexibility index (Phi) is 7.69. The number of hydrogen-bond donors (Lipinski definition) is 1. The molecule has 1 aliphatic carbocycles. The predicted molar refractivity (Wildman–Crippen MR) is 132 cm³/mol. The highest BCUT2D eigenvalue weighted by Crippen LogP contribution is 2.41. The van der Waals surface area contributed by atoms with E-state index in [0.29, 0.717) is 24.2 Å². The molecule has 4 unspecified atom stereocenters. The SMILES string of the molecule is CC(C)(C)OC(=O)NC1CN(C2CC(c3ccc(F)cc3)CC2Oc2ccc(C#N)cc2)CC(F)(F)C1. The molecule has 1 amide bonds.